The zero-order valence-corrected chi connectivity index (χ0v) is 11.8. The minimum absolute atomic E-state index is 0. The molecule has 0 aromatic carbocycles. The van der Waals surface area contributed by atoms with Crippen LogP contribution in [0.5, 0.6) is 0 Å². The Morgan fingerprint density at radius 1 is 1.64 bits per heavy atom. The summed E-state index contributed by atoms with van der Waals surface area (Å²) in [4.78, 5) is 4.24. The van der Waals surface area contributed by atoms with Crippen LogP contribution in [0, 0.1) is 0 Å². The molecule has 0 radical (unpaired) electrons. The molecule has 70 valence electrons. The predicted molar refractivity (Wildman–Crippen MR) is 54.7 cm³/mol. The van der Waals surface area contributed by atoms with Gasteiger partial charge < -0.3 is 10.6 Å². The molecule has 2 aromatic rings. The fraction of sp³-hybridized carbons (Fsp3) is 0.222. The molecule has 2 heterocycles. The minimum Gasteiger partial charge on any atom is -1.00 e. The second-order valence-electron chi connectivity index (χ2n) is 2.77. The van der Waals surface area contributed by atoms with Crippen molar-refractivity contribution >= 4 is 21.6 Å². The van der Waals surface area contributed by atoms with E-state index < -0.39 is 0 Å². The summed E-state index contributed by atoms with van der Waals surface area (Å²) in [6, 6.07) is 2.02. The maximum Gasteiger partial charge on any atom is 1.00 e. The first-order valence-electron chi connectivity index (χ1n) is 3.91. The van der Waals surface area contributed by atoms with E-state index in [1.807, 2.05) is 22.9 Å². The van der Waals surface area contributed by atoms with E-state index in [0.29, 0.717) is 6.61 Å². The summed E-state index contributed by atoms with van der Waals surface area (Å²) in [6.45, 7) is 0.583. The number of fused-ring (bicyclic) bond motifs is 1. The van der Waals surface area contributed by atoms with Gasteiger partial charge >= 0.3 is 29.6 Å². The molecule has 0 spiro atoms. The Labute approximate surface area is 114 Å². The van der Waals surface area contributed by atoms with Gasteiger partial charge in [0.15, 0.2) is 0 Å². The van der Waals surface area contributed by atoms with Gasteiger partial charge in [-0.1, -0.05) is 0 Å². The zero-order valence-electron chi connectivity index (χ0n) is 9.20. The van der Waals surface area contributed by atoms with E-state index in [-0.39, 0.29) is 31.0 Å². The summed E-state index contributed by atoms with van der Waals surface area (Å²) in [6.07, 6.45) is 5.67. The van der Waals surface area contributed by atoms with Gasteiger partial charge in [0.2, 0.25) is 0 Å². The average molecular weight is 265 g/mol. The Bertz CT molecular complexity index is 435. The van der Waals surface area contributed by atoms with Gasteiger partial charge in [-0.05, 0) is 22.0 Å². The van der Waals surface area contributed by atoms with Crippen LogP contribution in [0.25, 0.3) is 5.65 Å². The van der Waals surface area contributed by atoms with Crippen molar-refractivity contribution in [3.63, 3.8) is 0 Å². The molecule has 3 nitrogen and oxygen atoms in total. The van der Waals surface area contributed by atoms with Crippen molar-refractivity contribution < 1.29 is 35.7 Å². The van der Waals surface area contributed by atoms with Gasteiger partial charge in [-0.25, -0.2) is 4.98 Å². The maximum absolute atomic E-state index is 5.09. The number of hydrogen-bond acceptors (Lipinski definition) is 2. The Hall–Kier alpha value is 0.130. The summed E-state index contributed by atoms with van der Waals surface area (Å²) in [5, 5.41) is 0. The molecule has 0 amide bonds. The van der Waals surface area contributed by atoms with Gasteiger partial charge in [0.25, 0.3) is 0 Å². The maximum atomic E-state index is 5.09. The van der Waals surface area contributed by atoms with Crippen molar-refractivity contribution in [2.24, 2.45) is 0 Å². The first kappa shape index (κ1) is 12.2. The van der Waals surface area contributed by atoms with Crippen LogP contribution in [0.3, 0.4) is 0 Å². The SMILES string of the molecule is COCc1cc(Br)cn2ccnc12.[H-].[Na+]. The van der Waals surface area contributed by atoms with E-state index in [0.717, 1.165) is 15.7 Å². The molecule has 0 atom stereocenters. The summed E-state index contributed by atoms with van der Waals surface area (Å²) in [5.74, 6) is 0. The molecule has 0 aliphatic rings. The van der Waals surface area contributed by atoms with Crippen LogP contribution in [0.2, 0.25) is 0 Å². The molecular formula is C9H10BrN2NaO. The normalized spacial score (nSPS) is 10.1. The van der Waals surface area contributed by atoms with E-state index in [1.165, 1.54) is 0 Å². The third-order valence-corrected chi connectivity index (χ3v) is 2.26. The Balaban J connectivity index is 0.000000980. The van der Waals surface area contributed by atoms with Gasteiger partial charge in [0.05, 0.1) is 6.61 Å². The van der Waals surface area contributed by atoms with Crippen LogP contribution in [-0.2, 0) is 11.3 Å². The predicted octanol–water partition coefficient (Wildman–Crippen LogP) is -0.640. The van der Waals surface area contributed by atoms with Crippen molar-refractivity contribution in [2.45, 2.75) is 6.61 Å². The number of hydrogen-bond donors (Lipinski definition) is 0. The molecule has 5 heteroatoms. The first-order chi connectivity index (χ1) is 6.31. The van der Waals surface area contributed by atoms with Crippen molar-refractivity contribution in [1.82, 2.24) is 9.38 Å². The van der Waals surface area contributed by atoms with Gasteiger partial charge in [0, 0.05) is 35.7 Å². The summed E-state index contributed by atoms with van der Waals surface area (Å²) in [5.41, 5.74) is 2.03. The standard InChI is InChI=1S/C9H9BrN2O.Na.H/c1-13-6-7-4-8(10)5-12-3-2-11-9(7)12;;/h2-5H,6H2,1H3;;/q;+1;-1. The number of methoxy groups -OCH3 is 1. The number of ether oxygens (including phenoxy) is 1. The molecule has 2 rings (SSSR count). The van der Waals surface area contributed by atoms with Crippen LogP contribution in [-0.4, -0.2) is 16.5 Å². The van der Waals surface area contributed by atoms with E-state index in [9.17, 15) is 0 Å². The summed E-state index contributed by atoms with van der Waals surface area (Å²) >= 11 is 3.43. The Morgan fingerprint density at radius 2 is 2.43 bits per heavy atom. The van der Waals surface area contributed by atoms with Crippen LogP contribution >= 0.6 is 15.9 Å². The Kier molecular flexibility index (Phi) is 4.60. The van der Waals surface area contributed by atoms with Crippen LogP contribution in [0.1, 0.15) is 6.99 Å². The smallest absolute Gasteiger partial charge is 1.00 e. The molecular weight excluding hydrogens is 255 g/mol. The molecule has 2 aromatic heterocycles. The number of rotatable bonds is 2. The van der Waals surface area contributed by atoms with Crippen LogP contribution in [0.4, 0.5) is 0 Å². The van der Waals surface area contributed by atoms with E-state index in [1.54, 1.807) is 13.3 Å². The van der Waals surface area contributed by atoms with Crippen LogP contribution < -0.4 is 29.6 Å². The van der Waals surface area contributed by atoms with Crippen molar-refractivity contribution in [3.8, 4) is 0 Å². The molecule has 0 unspecified atom stereocenters. The van der Waals surface area contributed by atoms with Gasteiger partial charge in [-0.2, -0.15) is 0 Å². The molecule has 0 saturated heterocycles. The van der Waals surface area contributed by atoms with E-state index in [4.69, 9.17) is 4.74 Å². The second-order valence-corrected chi connectivity index (χ2v) is 3.69. The Morgan fingerprint density at radius 3 is 3.14 bits per heavy atom. The third kappa shape index (κ3) is 2.38. The number of nitrogens with zero attached hydrogens (tertiary/aromatic N) is 2. The molecule has 0 aliphatic carbocycles. The third-order valence-electron chi connectivity index (χ3n) is 1.83. The fourth-order valence-electron chi connectivity index (χ4n) is 1.33. The fourth-order valence-corrected chi connectivity index (χ4v) is 1.83. The topological polar surface area (TPSA) is 26.5 Å². The number of imidazole rings is 1. The number of halogens is 1. The minimum atomic E-state index is 0. The zero-order chi connectivity index (χ0) is 9.26. The molecule has 0 bridgehead atoms. The van der Waals surface area contributed by atoms with E-state index in [2.05, 4.69) is 20.9 Å². The van der Waals surface area contributed by atoms with E-state index >= 15 is 0 Å². The van der Waals surface area contributed by atoms with Crippen molar-refractivity contribution in [3.05, 3.63) is 34.7 Å². The number of pyridine rings is 1. The monoisotopic (exact) mass is 264 g/mol. The number of aromatic nitrogens is 2. The molecule has 0 saturated carbocycles. The molecule has 0 N–H and O–H groups in total. The molecule has 0 aliphatic heterocycles. The summed E-state index contributed by atoms with van der Waals surface area (Å²) < 4.78 is 8.09. The van der Waals surface area contributed by atoms with Gasteiger partial charge in [0.1, 0.15) is 5.65 Å². The molecule has 0 fully saturated rings. The average Bonchev–Trinajstić information content (AvgIpc) is 2.52. The second kappa shape index (κ2) is 5.28. The molecule has 14 heavy (non-hydrogen) atoms. The van der Waals surface area contributed by atoms with Gasteiger partial charge in [-0.15, -0.1) is 0 Å². The van der Waals surface area contributed by atoms with Crippen LogP contribution in [0.15, 0.2) is 29.1 Å². The van der Waals surface area contributed by atoms with Crippen molar-refractivity contribution in [2.75, 3.05) is 7.11 Å². The largest absolute Gasteiger partial charge is 1.00 e. The van der Waals surface area contributed by atoms with Gasteiger partial charge in [-0.3, -0.25) is 0 Å². The van der Waals surface area contributed by atoms with Crippen molar-refractivity contribution in [1.29, 1.82) is 0 Å². The first-order valence-corrected chi connectivity index (χ1v) is 4.70. The quantitative estimate of drug-likeness (QED) is 0.675. The summed E-state index contributed by atoms with van der Waals surface area (Å²) in [7, 11) is 1.68.